The number of likely N-dealkylation sites (tertiary alicyclic amines) is 2. The number of nitrogens with zero attached hydrogens (tertiary/aromatic N) is 2. The highest BCUT2D eigenvalue weighted by molar-refractivity contribution is 9.10. The number of nitrogens with one attached hydrogen (secondary N) is 4. The number of furan rings is 1. The van der Waals surface area contributed by atoms with E-state index in [4.69, 9.17) is 13.9 Å². The quantitative estimate of drug-likeness (QED) is 0.0898. The Hall–Kier alpha value is -6.68. The van der Waals surface area contributed by atoms with Crippen LogP contribution in [0.4, 0.5) is 21.0 Å². The molecule has 5 aromatic rings. The van der Waals surface area contributed by atoms with Gasteiger partial charge in [-0.2, -0.15) is 0 Å². The van der Waals surface area contributed by atoms with E-state index >= 15 is 0 Å². The second kappa shape index (κ2) is 20.2. The van der Waals surface area contributed by atoms with E-state index in [1.165, 1.54) is 9.80 Å². The Bertz CT molecular complexity index is 2500. The molecule has 1 unspecified atom stereocenters. The van der Waals surface area contributed by atoms with Crippen molar-refractivity contribution in [1.82, 2.24) is 20.4 Å². The van der Waals surface area contributed by atoms with Crippen LogP contribution >= 0.6 is 15.9 Å². The highest BCUT2D eigenvalue weighted by Gasteiger charge is 2.40. The molecule has 6 amide bonds. The number of hydrogen-bond acceptors (Lipinski definition) is 9. The maximum absolute atomic E-state index is 14.0. The highest BCUT2D eigenvalue weighted by Crippen LogP contribution is 2.39. The molecule has 4 N–H and O–H groups in total. The van der Waals surface area contributed by atoms with E-state index in [1.807, 2.05) is 12.1 Å². The average molecular weight is 936 g/mol. The van der Waals surface area contributed by atoms with Crippen LogP contribution in [0.2, 0.25) is 0 Å². The number of anilines is 2. The summed E-state index contributed by atoms with van der Waals surface area (Å²) in [7, 11) is 0. The lowest BCUT2D eigenvalue weighted by Gasteiger charge is -2.29. The molecule has 4 atom stereocenters. The van der Waals surface area contributed by atoms with Crippen LogP contribution in [-0.2, 0) is 28.7 Å². The normalized spacial score (nSPS) is 16.9. The predicted molar refractivity (Wildman–Crippen MR) is 244 cm³/mol. The van der Waals surface area contributed by atoms with Gasteiger partial charge < -0.3 is 45.0 Å². The third-order valence-corrected chi connectivity index (χ3v) is 11.7. The van der Waals surface area contributed by atoms with Gasteiger partial charge >= 0.3 is 12.2 Å². The van der Waals surface area contributed by atoms with Gasteiger partial charge in [-0.05, 0) is 123 Å². The van der Waals surface area contributed by atoms with Gasteiger partial charge in [0.25, 0.3) is 11.8 Å². The van der Waals surface area contributed by atoms with Crippen LogP contribution in [0.15, 0.2) is 112 Å². The van der Waals surface area contributed by atoms with Crippen LogP contribution in [0.25, 0.3) is 22.3 Å². The molecular weight excluding hydrogens is 884 g/mol. The van der Waals surface area contributed by atoms with Crippen molar-refractivity contribution >= 4 is 74.1 Å². The zero-order chi connectivity index (χ0) is 45.5. The van der Waals surface area contributed by atoms with E-state index in [2.05, 4.69) is 37.2 Å². The Kier molecular flexibility index (Phi) is 14.3. The van der Waals surface area contributed by atoms with Crippen LogP contribution in [-0.4, -0.2) is 83.0 Å². The van der Waals surface area contributed by atoms with E-state index in [9.17, 15) is 28.8 Å². The van der Waals surface area contributed by atoms with Gasteiger partial charge in [-0.1, -0.05) is 60.7 Å². The molecule has 0 saturated carbocycles. The largest absolute Gasteiger partial charge is 0.455 e. The van der Waals surface area contributed by atoms with E-state index in [0.717, 1.165) is 0 Å². The molecule has 0 bridgehead atoms. The zero-order valence-electron chi connectivity index (χ0n) is 36.0. The number of carbonyl (C=O) groups is 6. The first-order valence-electron chi connectivity index (χ1n) is 21.4. The molecule has 4 aromatic carbocycles. The average Bonchev–Trinajstić information content (AvgIpc) is 4.05. The number of alkyl carbamates (subject to hydrolysis) is 2. The maximum atomic E-state index is 14.0. The van der Waals surface area contributed by atoms with E-state index < -0.39 is 48.2 Å². The second-order valence-corrected chi connectivity index (χ2v) is 17.1. The third kappa shape index (κ3) is 10.6. The minimum absolute atomic E-state index is 0.348. The number of hydrogen-bond donors (Lipinski definition) is 4. The number of ether oxygens (including phenoxy) is 2. The van der Waals surface area contributed by atoms with Crippen molar-refractivity contribution in [3.63, 3.8) is 0 Å². The van der Waals surface area contributed by atoms with Crippen molar-refractivity contribution < 1.29 is 42.7 Å². The van der Waals surface area contributed by atoms with E-state index in [-0.39, 0.29) is 24.0 Å². The lowest BCUT2D eigenvalue weighted by molar-refractivity contribution is -0.138. The summed E-state index contributed by atoms with van der Waals surface area (Å²) >= 11 is 3.69. The van der Waals surface area contributed by atoms with Gasteiger partial charge in [0.2, 0.25) is 11.8 Å². The fourth-order valence-corrected chi connectivity index (χ4v) is 8.64. The summed E-state index contributed by atoms with van der Waals surface area (Å²) in [6.45, 7) is 7.59. The van der Waals surface area contributed by atoms with Crippen LogP contribution in [0.5, 0.6) is 0 Å². The molecule has 0 spiro atoms. The SMILES string of the molecule is CC(C)OC(=O)N[C@H](C(=O)N1CCCC1C(=O)Nc1ccc2oc(-c3ccc(NC(=O)[C@@H]4CCCN4C(=O)[C@H](NC(=O)OC(C)C)c4ccccc4)cc3)c(Br)c2c1)c1ccccc1. The summed E-state index contributed by atoms with van der Waals surface area (Å²) in [4.78, 5) is 83.7. The van der Waals surface area contributed by atoms with Crippen LogP contribution in [0.3, 0.4) is 0 Å². The van der Waals surface area contributed by atoms with Crippen LogP contribution in [0, 0.1) is 0 Å². The van der Waals surface area contributed by atoms with Crippen molar-refractivity contribution in [1.29, 1.82) is 0 Å². The first kappa shape index (κ1) is 45.3. The fourth-order valence-electron chi connectivity index (χ4n) is 8.02. The smallest absolute Gasteiger partial charge is 0.408 e. The van der Waals surface area contributed by atoms with Gasteiger partial charge in [0, 0.05) is 35.4 Å². The summed E-state index contributed by atoms with van der Waals surface area (Å²) in [5.41, 5.74) is 3.45. The topological polar surface area (TPSA) is 189 Å². The van der Waals surface area contributed by atoms with Gasteiger partial charge in [-0.15, -0.1) is 0 Å². The number of benzene rings is 4. The molecule has 2 fully saturated rings. The maximum Gasteiger partial charge on any atom is 0.408 e. The number of rotatable bonds is 13. The van der Waals surface area contributed by atoms with Gasteiger partial charge in [0.15, 0.2) is 0 Å². The van der Waals surface area contributed by atoms with Crippen molar-refractivity contribution in [2.45, 2.75) is 89.8 Å². The molecule has 7 rings (SSSR count). The molecule has 1 aromatic heterocycles. The summed E-state index contributed by atoms with van der Waals surface area (Å²) < 4.78 is 17.4. The van der Waals surface area contributed by atoms with Gasteiger partial charge in [-0.25, -0.2) is 9.59 Å². The summed E-state index contributed by atoms with van der Waals surface area (Å²) in [5.74, 6) is -0.986. The number of fused-ring (bicyclic) bond motifs is 1. The highest BCUT2D eigenvalue weighted by atomic mass is 79.9. The number of halogens is 1. The Morgan fingerprint density at radius 1 is 0.625 bits per heavy atom. The number of amides is 6. The molecule has 2 saturated heterocycles. The summed E-state index contributed by atoms with van der Waals surface area (Å²) in [5, 5.41) is 12.0. The second-order valence-electron chi connectivity index (χ2n) is 16.3. The van der Waals surface area contributed by atoms with Gasteiger partial charge in [0.1, 0.15) is 35.5 Å². The minimum atomic E-state index is -1.04. The van der Waals surface area contributed by atoms with Crippen molar-refractivity contribution in [3.8, 4) is 11.3 Å². The Morgan fingerprint density at radius 3 is 1.55 bits per heavy atom. The predicted octanol–water partition coefficient (Wildman–Crippen LogP) is 8.47. The molecule has 0 radical (unpaired) electrons. The monoisotopic (exact) mass is 934 g/mol. The Morgan fingerprint density at radius 2 is 1.08 bits per heavy atom. The molecule has 2 aliphatic rings. The molecular formula is C48H51BrN6O9. The van der Waals surface area contributed by atoms with Crippen LogP contribution in [0.1, 0.15) is 76.6 Å². The lowest BCUT2D eigenvalue weighted by atomic mass is 10.0. The molecule has 0 aliphatic carbocycles. The molecule has 2 aliphatic heterocycles. The molecule has 3 heterocycles. The molecule has 64 heavy (non-hydrogen) atoms. The first-order chi connectivity index (χ1) is 30.8. The molecule has 16 heteroatoms. The fraction of sp³-hybridized carbons (Fsp3) is 0.333. The minimum Gasteiger partial charge on any atom is -0.455 e. The summed E-state index contributed by atoms with van der Waals surface area (Å²) in [6.07, 6.45) is -0.0695. The zero-order valence-corrected chi connectivity index (χ0v) is 37.6. The van der Waals surface area contributed by atoms with Crippen molar-refractivity contribution in [2.75, 3.05) is 23.7 Å². The Labute approximate surface area is 379 Å². The Balaban J connectivity index is 1.01. The van der Waals surface area contributed by atoms with Crippen molar-refractivity contribution in [2.24, 2.45) is 0 Å². The standard InChI is InChI=1S/C48H51BrN6O9/c1-28(2)62-47(60)52-40(30-13-7-5-8-14-30)45(58)54-25-11-17-36(54)43(56)50-33-21-19-32(20-22-33)42-39(49)35-27-34(23-24-38(35)64-42)51-44(57)37-18-12-26-55(37)46(59)41(31-15-9-6-10-16-31)53-48(61)63-29(3)4/h5-10,13-16,19-24,27-29,36-37,40-41H,11-12,17-18,25-26H2,1-4H3,(H,50,56)(H,51,57)(H,52,60)(H,53,61)/t36-,37?,40+,41-/m0/s1. The van der Waals surface area contributed by atoms with Crippen LogP contribution < -0.4 is 21.3 Å². The van der Waals surface area contributed by atoms with Crippen molar-refractivity contribution in [3.05, 3.63) is 119 Å². The third-order valence-electron chi connectivity index (χ3n) is 11.0. The lowest BCUT2D eigenvalue weighted by Crippen LogP contribution is -2.48. The number of carbonyl (C=O) groups excluding carboxylic acids is 6. The molecule has 334 valence electrons. The van der Waals surface area contributed by atoms with E-state index in [1.54, 1.807) is 119 Å². The van der Waals surface area contributed by atoms with Gasteiger partial charge in [-0.3, -0.25) is 19.2 Å². The van der Waals surface area contributed by atoms with E-state index in [0.29, 0.717) is 88.0 Å². The van der Waals surface area contributed by atoms with Gasteiger partial charge in [0.05, 0.1) is 16.7 Å². The summed E-state index contributed by atoms with van der Waals surface area (Å²) in [6, 6.07) is 26.5. The molecule has 15 nitrogen and oxygen atoms in total. The first-order valence-corrected chi connectivity index (χ1v) is 22.2.